The molecule has 0 radical (unpaired) electrons. The van der Waals surface area contributed by atoms with Crippen molar-refractivity contribution in [3.8, 4) is 0 Å². The van der Waals surface area contributed by atoms with Crippen LogP contribution in [0.4, 0.5) is 8.78 Å². The van der Waals surface area contributed by atoms with E-state index < -0.39 is 71.0 Å². The van der Waals surface area contributed by atoms with E-state index in [0.29, 0.717) is 19.8 Å². The van der Waals surface area contributed by atoms with E-state index in [1.165, 1.54) is 0 Å². The Kier molecular flexibility index (Phi) is 5.69. The maximum atomic E-state index is 12.6. The van der Waals surface area contributed by atoms with Gasteiger partial charge in [-0.3, -0.25) is 8.98 Å². The molecule has 3 rings (SSSR count). The zero-order valence-corrected chi connectivity index (χ0v) is 16.3. The molecule has 0 aromatic rings. The van der Waals surface area contributed by atoms with Gasteiger partial charge in [0.1, 0.15) is 12.2 Å². The molecule has 3 aliphatic rings. The predicted molar refractivity (Wildman–Crippen MR) is 90.0 cm³/mol. The molecule has 0 aromatic heterocycles. The Morgan fingerprint density at radius 2 is 1.86 bits per heavy atom. The summed E-state index contributed by atoms with van der Waals surface area (Å²) < 4.78 is 68.3. The number of alkyl halides is 2. The van der Waals surface area contributed by atoms with Crippen LogP contribution in [0.5, 0.6) is 0 Å². The zero-order chi connectivity index (χ0) is 21.6. The summed E-state index contributed by atoms with van der Waals surface area (Å²) in [6.07, 6.45) is -1.18. The molecule has 2 aliphatic carbocycles. The van der Waals surface area contributed by atoms with Crippen molar-refractivity contribution in [3.05, 3.63) is 12.2 Å². The number of carbonyl (C=O) groups is 3. The minimum atomic E-state index is -3.64. The Morgan fingerprint density at radius 3 is 2.52 bits per heavy atom. The third kappa shape index (κ3) is 4.74. The Labute approximate surface area is 165 Å². The molecular weight excluding hydrogens is 418 g/mol. The lowest BCUT2D eigenvalue weighted by Crippen LogP contribution is -2.38. The lowest BCUT2D eigenvalue weighted by Gasteiger charge is -2.24. The molecule has 162 valence electrons. The molecule has 0 aromatic carbocycles. The molecule has 2 saturated carbocycles. The summed E-state index contributed by atoms with van der Waals surface area (Å²) in [5, 5.41) is -0.555. The van der Waals surface area contributed by atoms with E-state index in [2.05, 4.69) is 11.3 Å². The highest BCUT2D eigenvalue weighted by atomic mass is 32.2. The van der Waals surface area contributed by atoms with Gasteiger partial charge in [-0.05, 0) is 12.8 Å². The molecule has 1 saturated heterocycles. The van der Waals surface area contributed by atoms with Crippen molar-refractivity contribution in [1.29, 1.82) is 0 Å². The van der Waals surface area contributed by atoms with Crippen molar-refractivity contribution in [2.24, 2.45) is 11.8 Å². The van der Waals surface area contributed by atoms with Gasteiger partial charge in [-0.25, -0.2) is 18.4 Å². The van der Waals surface area contributed by atoms with Gasteiger partial charge in [0.25, 0.3) is 16.0 Å². The van der Waals surface area contributed by atoms with Crippen LogP contribution in [-0.4, -0.2) is 62.9 Å². The molecule has 5 unspecified atom stereocenters. The Balaban J connectivity index is 1.41. The highest BCUT2D eigenvalue weighted by Gasteiger charge is 2.65. The van der Waals surface area contributed by atoms with E-state index in [4.69, 9.17) is 13.7 Å². The lowest BCUT2D eigenvalue weighted by atomic mass is 9.94. The van der Waals surface area contributed by atoms with Crippen molar-refractivity contribution in [3.63, 3.8) is 0 Å². The number of hydrogen-bond donors (Lipinski definition) is 0. The number of ether oxygens (including phenoxy) is 3. The predicted octanol–water partition coefficient (Wildman–Crippen LogP) is 0.723. The summed E-state index contributed by atoms with van der Waals surface area (Å²) in [5.41, 5.74) is -0.379. The molecule has 3 fully saturated rings. The molecule has 0 N–H and O–H groups in total. The fraction of sp³-hybridized carbons (Fsp3) is 0.706. The SMILES string of the molecule is C=C(CC(=O)OCC(C)(F)F)C(=O)OCC(=O)OC1C2CC3C1OS(=O)(=O)C3C2. The standard InChI is InChI=1S/C17H20F2O9S/c1-8(3-12(20)26-7-17(2,18)19)16(22)25-6-13(21)27-14-9-4-10-11(5-9)29(23,24)28-15(10)14/h9-11,14-15H,1,3-7H2,2H3. The molecule has 5 atom stereocenters. The summed E-state index contributed by atoms with van der Waals surface area (Å²) in [7, 11) is -3.64. The van der Waals surface area contributed by atoms with Gasteiger partial charge in [0, 0.05) is 24.3 Å². The van der Waals surface area contributed by atoms with Gasteiger partial charge in [-0.2, -0.15) is 8.42 Å². The highest BCUT2D eigenvalue weighted by Crippen LogP contribution is 2.55. The van der Waals surface area contributed by atoms with Crippen LogP contribution in [-0.2, 0) is 42.9 Å². The first-order valence-electron chi connectivity index (χ1n) is 8.87. The van der Waals surface area contributed by atoms with Crippen molar-refractivity contribution >= 4 is 28.0 Å². The van der Waals surface area contributed by atoms with E-state index in [1.54, 1.807) is 0 Å². The van der Waals surface area contributed by atoms with Crippen LogP contribution < -0.4 is 0 Å². The van der Waals surface area contributed by atoms with Crippen molar-refractivity contribution in [2.45, 2.75) is 49.6 Å². The van der Waals surface area contributed by atoms with Gasteiger partial charge in [0.2, 0.25) is 0 Å². The van der Waals surface area contributed by atoms with Crippen LogP contribution in [0.25, 0.3) is 0 Å². The molecule has 0 spiro atoms. The van der Waals surface area contributed by atoms with Gasteiger partial charge in [0.15, 0.2) is 13.2 Å². The largest absolute Gasteiger partial charge is 0.459 e. The summed E-state index contributed by atoms with van der Waals surface area (Å²) in [6.45, 7) is 1.95. The number of halogens is 2. The molecule has 0 amide bonds. The maximum absolute atomic E-state index is 12.6. The molecule has 1 aliphatic heterocycles. The first kappa shape index (κ1) is 21.6. The zero-order valence-electron chi connectivity index (χ0n) is 15.5. The lowest BCUT2D eigenvalue weighted by molar-refractivity contribution is -0.165. The summed E-state index contributed by atoms with van der Waals surface area (Å²) in [4.78, 5) is 35.1. The summed E-state index contributed by atoms with van der Waals surface area (Å²) >= 11 is 0. The first-order chi connectivity index (χ1) is 13.4. The number of rotatable bonds is 8. The van der Waals surface area contributed by atoms with Crippen molar-refractivity contribution < 1.29 is 50.0 Å². The molecule has 1 heterocycles. The average Bonchev–Trinajstić information content (AvgIpc) is 3.21. The van der Waals surface area contributed by atoms with Gasteiger partial charge in [0.05, 0.1) is 11.7 Å². The van der Waals surface area contributed by atoms with Crippen LogP contribution in [0.1, 0.15) is 26.2 Å². The van der Waals surface area contributed by atoms with Gasteiger partial charge < -0.3 is 14.2 Å². The monoisotopic (exact) mass is 438 g/mol. The van der Waals surface area contributed by atoms with Gasteiger partial charge in [-0.15, -0.1) is 0 Å². The van der Waals surface area contributed by atoms with Crippen LogP contribution in [0.3, 0.4) is 0 Å². The number of esters is 3. The number of carbonyl (C=O) groups excluding carboxylic acids is 3. The average molecular weight is 438 g/mol. The second-order valence-corrected chi connectivity index (χ2v) is 9.31. The smallest absolute Gasteiger partial charge is 0.344 e. The minimum absolute atomic E-state index is 0.131. The number of hydrogen-bond acceptors (Lipinski definition) is 9. The van der Waals surface area contributed by atoms with Crippen LogP contribution in [0.2, 0.25) is 0 Å². The Bertz CT molecular complexity index is 832. The van der Waals surface area contributed by atoms with Crippen LogP contribution >= 0.6 is 0 Å². The first-order valence-corrected chi connectivity index (χ1v) is 10.3. The van der Waals surface area contributed by atoms with Gasteiger partial charge in [-0.1, -0.05) is 6.58 Å². The molecular formula is C17H20F2O9S. The topological polar surface area (TPSA) is 122 Å². The number of fused-ring (bicyclic) bond motifs is 1. The quantitative estimate of drug-likeness (QED) is 0.233. The fourth-order valence-corrected chi connectivity index (χ4v) is 5.84. The maximum Gasteiger partial charge on any atom is 0.344 e. The normalized spacial score (nSPS) is 31.3. The fourth-order valence-electron chi connectivity index (χ4n) is 3.96. The molecule has 12 heteroatoms. The van der Waals surface area contributed by atoms with Crippen LogP contribution in [0.15, 0.2) is 12.2 Å². The third-order valence-corrected chi connectivity index (χ3v) is 6.91. The second-order valence-electron chi connectivity index (χ2n) is 7.53. The molecule has 29 heavy (non-hydrogen) atoms. The summed E-state index contributed by atoms with van der Waals surface area (Å²) in [5.74, 6) is -6.62. The summed E-state index contributed by atoms with van der Waals surface area (Å²) in [6, 6.07) is 0. The van der Waals surface area contributed by atoms with Crippen molar-refractivity contribution in [1.82, 2.24) is 0 Å². The second kappa shape index (κ2) is 7.63. The third-order valence-electron chi connectivity index (χ3n) is 5.14. The van der Waals surface area contributed by atoms with E-state index in [1.807, 2.05) is 0 Å². The molecule has 9 nitrogen and oxygen atoms in total. The Hall–Kier alpha value is -2.08. The minimum Gasteiger partial charge on any atom is -0.459 e. The Morgan fingerprint density at radius 1 is 1.17 bits per heavy atom. The highest BCUT2D eigenvalue weighted by molar-refractivity contribution is 7.87. The van der Waals surface area contributed by atoms with E-state index in [9.17, 15) is 31.6 Å². The van der Waals surface area contributed by atoms with Crippen molar-refractivity contribution in [2.75, 3.05) is 13.2 Å². The van der Waals surface area contributed by atoms with E-state index in [0.717, 1.165) is 0 Å². The van der Waals surface area contributed by atoms with Crippen LogP contribution in [0, 0.1) is 11.8 Å². The van der Waals surface area contributed by atoms with E-state index >= 15 is 0 Å². The van der Waals surface area contributed by atoms with E-state index in [-0.39, 0.29) is 17.4 Å². The molecule has 2 bridgehead atoms. The van der Waals surface area contributed by atoms with Gasteiger partial charge >= 0.3 is 17.9 Å².